The number of hydrogen-bond donors (Lipinski definition) is 1. The molecular formula is C15H15FN2O3. The van der Waals surface area contributed by atoms with Gasteiger partial charge in [-0.15, -0.1) is 0 Å². The van der Waals surface area contributed by atoms with Crippen LogP contribution in [0.5, 0.6) is 5.75 Å². The lowest BCUT2D eigenvalue weighted by molar-refractivity contribution is -0.123. The van der Waals surface area contributed by atoms with Gasteiger partial charge >= 0.3 is 0 Å². The van der Waals surface area contributed by atoms with Gasteiger partial charge in [-0.25, -0.2) is 4.39 Å². The molecule has 1 aromatic carbocycles. The van der Waals surface area contributed by atoms with E-state index < -0.39 is 0 Å². The molecule has 1 N–H and O–H groups in total. The lowest BCUT2D eigenvalue weighted by Crippen LogP contribution is -2.31. The number of carbonyl (C=O) groups is 1. The first-order chi connectivity index (χ1) is 10.1. The molecule has 0 bridgehead atoms. The summed E-state index contributed by atoms with van der Waals surface area (Å²) < 4.78 is 19.3. The fourth-order valence-electron chi connectivity index (χ4n) is 1.71. The second-order valence-electron chi connectivity index (χ2n) is 4.47. The van der Waals surface area contributed by atoms with Crippen molar-refractivity contribution in [2.75, 3.05) is 6.61 Å². The number of carbonyl (C=O) groups excluding carboxylic acids is 1. The smallest absolute Gasteiger partial charge is 0.258 e. The van der Waals surface area contributed by atoms with Crippen LogP contribution in [-0.2, 0) is 18.4 Å². The number of hydrogen-bond acceptors (Lipinski definition) is 3. The molecule has 0 saturated carbocycles. The number of rotatable bonds is 5. The molecule has 2 aromatic rings. The average molecular weight is 290 g/mol. The van der Waals surface area contributed by atoms with Gasteiger partial charge in [-0.3, -0.25) is 9.59 Å². The first-order valence-electron chi connectivity index (χ1n) is 6.36. The molecule has 0 saturated heterocycles. The molecule has 21 heavy (non-hydrogen) atoms. The Morgan fingerprint density at radius 1 is 1.29 bits per heavy atom. The topological polar surface area (TPSA) is 60.3 Å². The third-order valence-corrected chi connectivity index (χ3v) is 2.86. The van der Waals surface area contributed by atoms with E-state index in [0.717, 1.165) is 0 Å². The maximum atomic E-state index is 12.7. The van der Waals surface area contributed by atoms with E-state index in [0.29, 0.717) is 11.3 Å². The maximum Gasteiger partial charge on any atom is 0.258 e. The van der Waals surface area contributed by atoms with Crippen LogP contribution >= 0.6 is 0 Å². The molecule has 110 valence electrons. The number of benzene rings is 1. The number of nitrogens with zero attached hydrogens (tertiary/aromatic N) is 1. The molecule has 0 unspecified atom stereocenters. The summed E-state index contributed by atoms with van der Waals surface area (Å²) in [5.74, 6) is -0.320. The molecule has 1 aromatic heterocycles. The number of nitrogens with one attached hydrogen (secondary N) is 1. The molecule has 1 amide bonds. The number of aromatic nitrogens is 1. The highest BCUT2D eigenvalue weighted by atomic mass is 19.1. The minimum atomic E-state index is -0.369. The Kier molecular flexibility index (Phi) is 4.71. The highest BCUT2D eigenvalue weighted by Gasteiger charge is 2.05. The highest BCUT2D eigenvalue weighted by Crippen LogP contribution is 2.10. The van der Waals surface area contributed by atoms with Gasteiger partial charge in [-0.05, 0) is 30.3 Å². The van der Waals surface area contributed by atoms with E-state index in [-0.39, 0.29) is 30.4 Å². The van der Waals surface area contributed by atoms with Crippen LogP contribution in [0.2, 0.25) is 0 Å². The third-order valence-electron chi connectivity index (χ3n) is 2.86. The van der Waals surface area contributed by atoms with Crippen LogP contribution in [-0.4, -0.2) is 17.1 Å². The molecular weight excluding hydrogens is 275 g/mol. The van der Waals surface area contributed by atoms with Gasteiger partial charge in [0.15, 0.2) is 6.61 Å². The Hall–Kier alpha value is -2.63. The summed E-state index contributed by atoms with van der Waals surface area (Å²) in [6.07, 6.45) is 1.64. The fourth-order valence-corrected chi connectivity index (χ4v) is 1.71. The quantitative estimate of drug-likeness (QED) is 0.900. The predicted octanol–water partition coefficient (Wildman–Crippen LogP) is 1.22. The van der Waals surface area contributed by atoms with Gasteiger partial charge in [0.2, 0.25) is 0 Å². The number of aryl methyl sites for hydroxylation is 1. The van der Waals surface area contributed by atoms with E-state index in [4.69, 9.17) is 4.74 Å². The number of halogens is 1. The maximum absolute atomic E-state index is 12.7. The second kappa shape index (κ2) is 6.69. The first-order valence-corrected chi connectivity index (χ1v) is 6.36. The van der Waals surface area contributed by atoms with Crippen LogP contribution in [0.4, 0.5) is 4.39 Å². The van der Waals surface area contributed by atoms with Gasteiger partial charge in [-0.2, -0.15) is 0 Å². The molecule has 1 heterocycles. The van der Waals surface area contributed by atoms with Crippen molar-refractivity contribution in [2.45, 2.75) is 6.54 Å². The zero-order valence-corrected chi connectivity index (χ0v) is 11.5. The van der Waals surface area contributed by atoms with Crippen molar-refractivity contribution in [3.05, 3.63) is 64.3 Å². The molecule has 5 nitrogen and oxygen atoms in total. The van der Waals surface area contributed by atoms with Crippen LogP contribution in [0.15, 0.2) is 47.4 Å². The zero-order chi connectivity index (χ0) is 15.2. The van der Waals surface area contributed by atoms with Crippen molar-refractivity contribution in [2.24, 2.45) is 7.05 Å². The van der Waals surface area contributed by atoms with E-state index in [2.05, 4.69) is 5.32 Å². The van der Waals surface area contributed by atoms with Crippen LogP contribution in [0, 0.1) is 5.82 Å². The molecule has 6 heteroatoms. The summed E-state index contributed by atoms with van der Waals surface area (Å²) in [5, 5.41) is 2.60. The summed E-state index contributed by atoms with van der Waals surface area (Å²) in [4.78, 5) is 23.4. The van der Waals surface area contributed by atoms with Crippen LogP contribution in [0.1, 0.15) is 5.56 Å². The monoisotopic (exact) mass is 290 g/mol. The van der Waals surface area contributed by atoms with Gasteiger partial charge in [0.25, 0.3) is 11.5 Å². The highest BCUT2D eigenvalue weighted by molar-refractivity contribution is 5.77. The van der Waals surface area contributed by atoms with Gasteiger partial charge in [0, 0.05) is 25.4 Å². The van der Waals surface area contributed by atoms with Crippen LogP contribution < -0.4 is 15.6 Å². The summed E-state index contributed by atoms with van der Waals surface area (Å²) in [5.41, 5.74) is 0.340. The molecule has 0 aliphatic heterocycles. The Morgan fingerprint density at radius 2 is 2.00 bits per heavy atom. The van der Waals surface area contributed by atoms with Crippen LogP contribution in [0.3, 0.4) is 0 Å². The van der Waals surface area contributed by atoms with Crippen molar-refractivity contribution >= 4 is 5.91 Å². The first kappa shape index (κ1) is 14.8. The second-order valence-corrected chi connectivity index (χ2v) is 4.47. The molecule has 2 rings (SSSR count). The summed E-state index contributed by atoms with van der Waals surface area (Å²) >= 11 is 0. The predicted molar refractivity (Wildman–Crippen MR) is 75.4 cm³/mol. The summed E-state index contributed by atoms with van der Waals surface area (Å²) in [6.45, 7) is -0.0576. The molecule has 0 atom stereocenters. The Balaban J connectivity index is 1.83. The Labute approximate surface area is 121 Å². The average Bonchev–Trinajstić information content (AvgIpc) is 2.48. The molecule has 0 aliphatic rings. The fraction of sp³-hybridized carbons (Fsp3) is 0.200. The van der Waals surface area contributed by atoms with Crippen molar-refractivity contribution in [1.82, 2.24) is 9.88 Å². The summed E-state index contributed by atoms with van der Waals surface area (Å²) in [7, 11) is 1.64. The lowest BCUT2D eigenvalue weighted by atomic mass is 10.3. The Bertz CT molecular complexity index is 680. The normalized spacial score (nSPS) is 10.2. The van der Waals surface area contributed by atoms with E-state index in [1.165, 1.54) is 28.8 Å². The number of pyridine rings is 1. The van der Waals surface area contributed by atoms with Crippen molar-refractivity contribution < 1.29 is 13.9 Å². The zero-order valence-electron chi connectivity index (χ0n) is 11.5. The minimum absolute atomic E-state index is 0.138. The standard InChI is InChI=1S/C15H15FN2O3/c1-18-8-2-3-11(15(18)20)9-17-14(19)10-21-13-6-4-12(16)5-7-13/h2-8H,9-10H2,1H3,(H,17,19). The number of ether oxygens (including phenoxy) is 1. The SMILES string of the molecule is Cn1cccc(CNC(=O)COc2ccc(F)cc2)c1=O. The third kappa shape index (κ3) is 4.17. The number of amides is 1. The van der Waals surface area contributed by atoms with Gasteiger partial charge in [0.05, 0.1) is 0 Å². The van der Waals surface area contributed by atoms with Crippen molar-refractivity contribution in [1.29, 1.82) is 0 Å². The van der Waals surface area contributed by atoms with Crippen molar-refractivity contribution in [3.8, 4) is 5.75 Å². The lowest BCUT2D eigenvalue weighted by Gasteiger charge is -2.08. The molecule has 0 aliphatic carbocycles. The molecule has 0 spiro atoms. The van der Waals surface area contributed by atoms with E-state index in [9.17, 15) is 14.0 Å². The van der Waals surface area contributed by atoms with E-state index in [1.807, 2.05) is 0 Å². The minimum Gasteiger partial charge on any atom is -0.484 e. The van der Waals surface area contributed by atoms with Gasteiger partial charge < -0.3 is 14.6 Å². The Morgan fingerprint density at radius 3 is 2.71 bits per heavy atom. The molecule has 0 fully saturated rings. The van der Waals surface area contributed by atoms with Gasteiger partial charge in [0.1, 0.15) is 11.6 Å². The van der Waals surface area contributed by atoms with E-state index >= 15 is 0 Å². The summed E-state index contributed by atoms with van der Waals surface area (Å²) in [6, 6.07) is 8.77. The largest absolute Gasteiger partial charge is 0.484 e. The van der Waals surface area contributed by atoms with Gasteiger partial charge in [-0.1, -0.05) is 6.07 Å². The molecule has 0 radical (unpaired) electrons. The van der Waals surface area contributed by atoms with Crippen molar-refractivity contribution in [3.63, 3.8) is 0 Å². The van der Waals surface area contributed by atoms with Crippen LogP contribution in [0.25, 0.3) is 0 Å². The van der Waals surface area contributed by atoms with E-state index in [1.54, 1.807) is 25.4 Å².